The quantitative estimate of drug-likeness (QED) is 0.787. The fourth-order valence-corrected chi connectivity index (χ4v) is 3.60. The van der Waals surface area contributed by atoms with Gasteiger partial charge in [0.15, 0.2) is 0 Å². The number of halogens is 1. The molecule has 1 saturated heterocycles. The number of nitrogens with zero attached hydrogens (tertiary/aromatic N) is 1. The molecule has 2 heterocycles. The van der Waals surface area contributed by atoms with Gasteiger partial charge >= 0.3 is 0 Å². The Morgan fingerprint density at radius 3 is 2.91 bits per heavy atom. The third-order valence-corrected chi connectivity index (χ3v) is 4.95. The van der Waals surface area contributed by atoms with Gasteiger partial charge in [0.25, 0.3) is 0 Å². The molecule has 1 aliphatic heterocycles. The first-order valence-electron chi connectivity index (χ1n) is 7.75. The van der Waals surface area contributed by atoms with Gasteiger partial charge in [0, 0.05) is 17.8 Å². The van der Waals surface area contributed by atoms with Crippen LogP contribution in [0, 0.1) is 5.82 Å². The number of hydrogen-bond donors (Lipinski definition) is 0. The van der Waals surface area contributed by atoms with Gasteiger partial charge in [-0.2, -0.15) is 0 Å². The maximum absolute atomic E-state index is 13.9. The van der Waals surface area contributed by atoms with Crippen LogP contribution in [0.25, 0.3) is 10.1 Å². The number of fused-ring (bicyclic) bond motifs is 1. The van der Waals surface area contributed by atoms with E-state index >= 15 is 0 Å². The number of likely N-dealkylation sites (tertiary alicyclic amines) is 1. The molecule has 22 heavy (non-hydrogen) atoms. The van der Waals surface area contributed by atoms with Crippen molar-refractivity contribution in [3.05, 3.63) is 35.0 Å². The Bertz CT molecular complexity index is 649. The van der Waals surface area contributed by atoms with E-state index in [0.29, 0.717) is 18.6 Å². The maximum atomic E-state index is 13.9. The van der Waals surface area contributed by atoms with Crippen molar-refractivity contribution in [2.75, 3.05) is 26.3 Å². The standard InChI is InChI=1S/C17H20FNO2S/c18-15-11-16-14(5-9-22-16)10-13(15)4-8-21-12-17(20)19-6-2-1-3-7-19/h5,9-11H,1-4,6-8,12H2. The van der Waals surface area contributed by atoms with E-state index in [2.05, 4.69) is 0 Å². The molecule has 0 saturated carbocycles. The minimum atomic E-state index is -0.194. The molecule has 1 aromatic carbocycles. The summed E-state index contributed by atoms with van der Waals surface area (Å²) in [4.78, 5) is 13.8. The van der Waals surface area contributed by atoms with Gasteiger partial charge in [-0.1, -0.05) is 0 Å². The Hall–Kier alpha value is -1.46. The normalized spacial score (nSPS) is 15.4. The predicted octanol–water partition coefficient (Wildman–Crippen LogP) is 3.61. The van der Waals surface area contributed by atoms with Crippen molar-refractivity contribution in [2.24, 2.45) is 0 Å². The van der Waals surface area contributed by atoms with E-state index in [0.717, 1.165) is 36.0 Å². The molecule has 5 heteroatoms. The molecule has 3 nitrogen and oxygen atoms in total. The van der Waals surface area contributed by atoms with Gasteiger partial charge in [0.2, 0.25) is 5.91 Å². The summed E-state index contributed by atoms with van der Waals surface area (Å²) in [6, 6.07) is 5.44. The van der Waals surface area contributed by atoms with Crippen molar-refractivity contribution in [1.29, 1.82) is 0 Å². The minimum Gasteiger partial charge on any atom is -0.371 e. The first-order valence-corrected chi connectivity index (χ1v) is 8.63. The van der Waals surface area contributed by atoms with E-state index < -0.39 is 0 Å². The van der Waals surface area contributed by atoms with E-state index in [4.69, 9.17) is 4.74 Å². The van der Waals surface area contributed by atoms with E-state index in [1.165, 1.54) is 17.8 Å². The van der Waals surface area contributed by atoms with Crippen molar-refractivity contribution in [3.8, 4) is 0 Å². The topological polar surface area (TPSA) is 29.5 Å². The smallest absolute Gasteiger partial charge is 0.248 e. The Kier molecular flexibility index (Phi) is 5.05. The summed E-state index contributed by atoms with van der Waals surface area (Å²) in [5.41, 5.74) is 0.649. The van der Waals surface area contributed by atoms with Gasteiger partial charge in [-0.05, 0) is 60.2 Å². The van der Waals surface area contributed by atoms with Crippen LogP contribution >= 0.6 is 11.3 Å². The third-order valence-electron chi connectivity index (χ3n) is 4.07. The Morgan fingerprint density at radius 2 is 2.09 bits per heavy atom. The first-order chi connectivity index (χ1) is 10.7. The highest BCUT2D eigenvalue weighted by molar-refractivity contribution is 7.17. The first kappa shape index (κ1) is 15.4. The van der Waals surface area contributed by atoms with E-state index in [1.54, 1.807) is 6.07 Å². The van der Waals surface area contributed by atoms with Crippen molar-refractivity contribution in [2.45, 2.75) is 25.7 Å². The number of carbonyl (C=O) groups excluding carboxylic acids is 1. The van der Waals surface area contributed by atoms with E-state index in [-0.39, 0.29) is 18.3 Å². The molecular formula is C17H20FNO2S. The molecule has 0 spiro atoms. The van der Waals surface area contributed by atoms with Crippen molar-refractivity contribution in [3.63, 3.8) is 0 Å². The number of piperidine rings is 1. The lowest BCUT2D eigenvalue weighted by Gasteiger charge is -2.26. The average molecular weight is 321 g/mol. The summed E-state index contributed by atoms with van der Waals surface area (Å²) in [7, 11) is 0. The van der Waals surface area contributed by atoms with Crippen LogP contribution in [0.5, 0.6) is 0 Å². The fraction of sp³-hybridized carbons (Fsp3) is 0.471. The maximum Gasteiger partial charge on any atom is 0.248 e. The fourth-order valence-electron chi connectivity index (χ4n) is 2.80. The lowest BCUT2D eigenvalue weighted by atomic mass is 10.1. The molecular weight excluding hydrogens is 301 g/mol. The van der Waals surface area contributed by atoms with Gasteiger partial charge < -0.3 is 9.64 Å². The third kappa shape index (κ3) is 3.65. The molecule has 0 radical (unpaired) electrons. The van der Waals surface area contributed by atoms with Gasteiger partial charge in [-0.15, -0.1) is 11.3 Å². The zero-order chi connectivity index (χ0) is 15.4. The molecule has 118 valence electrons. The highest BCUT2D eigenvalue weighted by Gasteiger charge is 2.16. The summed E-state index contributed by atoms with van der Waals surface area (Å²) in [5, 5.41) is 3.02. The van der Waals surface area contributed by atoms with E-state index in [1.807, 2.05) is 22.4 Å². The minimum absolute atomic E-state index is 0.0495. The Morgan fingerprint density at radius 1 is 1.27 bits per heavy atom. The number of carbonyl (C=O) groups is 1. The SMILES string of the molecule is O=C(COCCc1cc2ccsc2cc1F)N1CCCCC1. The summed E-state index contributed by atoms with van der Waals surface area (Å²) in [6.07, 6.45) is 3.86. The number of benzene rings is 1. The van der Waals surface area contributed by atoms with Crippen LogP contribution < -0.4 is 0 Å². The Labute approximate surface area is 133 Å². The van der Waals surface area contributed by atoms with E-state index in [9.17, 15) is 9.18 Å². The van der Waals surface area contributed by atoms with Crippen molar-refractivity contribution in [1.82, 2.24) is 4.90 Å². The van der Waals surface area contributed by atoms with Crippen LogP contribution in [0.3, 0.4) is 0 Å². The predicted molar refractivity (Wildman–Crippen MR) is 86.7 cm³/mol. The summed E-state index contributed by atoms with van der Waals surface area (Å²) in [6.45, 7) is 2.14. The molecule has 1 amide bonds. The summed E-state index contributed by atoms with van der Waals surface area (Å²) >= 11 is 1.54. The monoisotopic (exact) mass is 321 g/mol. The molecule has 0 unspecified atom stereocenters. The number of hydrogen-bond acceptors (Lipinski definition) is 3. The van der Waals surface area contributed by atoms with Crippen molar-refractivity contribution < 1.29 is 13.9 Å². The summed E-state index contributed by atoms with van der Waals surface area (Å²) in [5.74, 6) is -0.144. The molecule has 0 bridgehead atoms. The lowest BCUT2D eigenvalue weighted by molar-refractivity contribution is -0.137. The molecule has 1 aromatic heterocycles. The highest BCUT2D eigenvalue weighted by Crippen LogP contribution is 2.24. The second-order valence-electron chi connectivity index (χ2n) is 5.65. The second-order valence-corrected chi connectivity index (χ2v) is 6.59. The van der Waals surface area contributed by atoms with Gasteiger partial charge in [0.05, 0.1) is 6.61 Å². The zero-order valence-corrected chi connectivity index (χ0v) is 13.3. The lowest BCUT2D eigenvalue weighted by Crippen LogP contribution is -2.38. The van der Waals surface area contributed by atoms with Crippen molar-refractivity contribution >= 4 is 27.3 Å². The average Bonchev–Trinajstić information content (AvgIpc) is 2.99. The Balaban J connectivity index is 1.47. The molecule has 1 fully saturated rings. The van der Waals surface area contributed by atoms with Crippen LogP contribution in [0.2, 0.25) is 0 Å². The molecule has 2 aromatic rings. The molecule has 0 N–H and O–H groups in total. The second kappa shape index (κ2) is 7.20. The number of thiophene rings is 1. The zero-order valence-electron chi connectivity index (χ0n) is 12.5. The van der Waals surface area contributed by atoms with Gasteiger partial charge in [-0.25, -0.2) is 4.39 Å². The van der Waals surface area contributed by atoms with Crippen LogP contribution in [-0.2, 0) is 16.0 Å². The molecule has 1 aliphatic rings. The van der Waals surface area contributed by atoms with Gasteiger partial charge in [0.1, 0.15) is 12.4 Å². The van der Waals surface area contributed by atoms with Crippen LogP contribution in [0.15, 0.2) is 23.6 Å². The molecule has 0 atom stereocenters. The summed E-state index contributed by atoms with van der Waals surface area (Å²) < 4.78 is 20.4. The van der Waals surface area contributed by atoms with Crippen LogP contribution in [-0.4, -0.2) is 37.1 Å². The highest BCUT2D eigenvalue weighted by atomic mass is 32.1. The van der Waals surface area contributed by atoms with Crippen LogP contribution in [0.4, 0.5) is 4.39 Å². The number of ether oxygens (including phenoxy) is 1. The molecule has 3 rings (SSSR count). The molecule has 0 aliphatic carbocycles. The number of amides is 1. The van der Waals surface area contributed by atoms with Gasteiger partial charge in [-0.3, -0.25) is 4.79 Å². The van der Waals surface area contributed by atoms with Crippen LogP contribution in [0.1, 0.15) is 24.8 Å². The number of rotatable bonds is 5. The largest absolute Gasteiger partial charge is 0.371 e.